The second-order valence-corrected chi connectivity index (χ2v) is 17.2. The number of anilines is 1. The second kappa shape index (κ2) is 16.3. The minimum absolute atomic E-state index is 0.0436. The molecule has 1 saturated carbocycles. The lowest BCUT2D eigenvalue weighted by Crippen LogP contribution is -2.48. The average molecular weight is 744 g/mol. The summed E-state index contributed by atoms with van der Waals surface area (Å²) in [5.74, 6) is 0.858. The summed E-state index contributed by atoms with van der Waals surface area (Å²) in [6.45, 7) is 13.4. The molecule has 0 unspecified atom stereocenters. The van der Waals surface area contributed by atoms with E-state index in [0.29, 0.717) is 30.6 Å². The van der Waals surface area contributed by atoms with Gasteiger partial charge in [-0.1, -0.05) is 67.1 Å². The van der Waals surface area contributed by atoms with Gasteiger partial charge >= 0.3 is 6.09 Å². The smallest absolute Gasteiger partial charge is 0.420 e. The minimum Gasteiger partial charge on any atom is -0.490 e. The Hall–Kier alpha value is -4.08. The number of nitrogens with zero attached hydrogens (tertiary/aromatic N) is 2. The van der Waals surface area contributed by atoms with Gasteiger partial charge in [0.05, 0.1) is 18.0 Å². The number of ether oxygens (including phenoxy) is 2. The molecule has 1 spiro atoms. The molecule has 0 aromatic heterocycles. The maximum atomic E-state index is 14.3. The molecule has 1 N–H and O–H groups in total. The second-order valence-electron chi connectivity index (χ2n) is 14.8. The molecule has 1 fully saturated rings. The molecule has 0 radical (unpaired) electrons. The zero-order valence-corrected chi connectivity index (χ0v) is 31.8. The number of amides is 2. The first kappa shape index (κ1) is 37.7. The standard InChI is InChI=1S/C42H50ClN3O5S/c1-5-11-29(3)26-52(49,45-41(48)51-30(4)31-13-8-7-9-14-31)44-40(47)34-18-21-39-38(24-34)46(25-35-17-16-32(35)12-6-2)27-42(28-50-39)22-10-15-33-23-36(43)19-20-37(33)42/h5-9,13-14,18-21,23-24,29-30,32,35H,1-2,10-12,15-17,22,25-28H2,3-4H3,(H,44,45,47,48,49)/t29-,30-,32+,35-,42-,52-/m0/s1. The summed E-state index contributed by atoms with van der Waals surface area (Å²) in [5.41, 5.74) is 4.16. The van der Waals surface area contributed by atoms with Crippen LogP contribution in [0.15, 0.2) is 96.4 Å². The van der Waals surface area contributed by atoms with Crippen molar-refractivity contribution in [3.63, 3.8) is 0 Å². The van der Waals surface area contributed by atoms with E-state index in [2.05, 4.69) is 39.3 Å². The van der Waals surface area contributed by atoms with Crippen molar-refractivity contribution in [2.75, 3.05) is 30.3 Å². The van der Waals surface area contributed by atoms with E-state index in [1.807, 2.05) is 61.5 Å². The van der Waals surface area contributed by atoms with E-state index < -0.39 is 28.0 Å². The third kappa shape index (κ3) is 8.58. The highest BCUT2D eigenvalue weighted by molar-refractivity contribution is 7.92. The van der Waals surface area contributed by atoms with Gasteiger partial charge in [0.2, 0.25) is 0 Å². The molecule has 10 heteroatoms. The first-order valence-electron chi connectivity index (χ1n) is 18.4. The van der Waals surface area contributed by atoms with Crippen LogP contribution in [0, 0.1) is 17.8 Å². The van der Waals surface area contributed by atoms with Gasteiger partial charge in [0.15, 0.2) is 0 Å². The van der Waals surface area contributed by atoms with Crippen LogP contribution in [0.4, 0.5) is 10.5 Å². The lowest BCUT2D eigenvalue weighted by Gasteiger charge is -2.44. The summed E-state index contributed by atoms with van der Waals surface area (Å²) in [6.07, 6.45) is 9.04. The number of fused-ring (bicyclic) bond motifs is 3. The highest BCUT2D eigenvalue weighted by Gasteiger charge is 2.43. The highest BCUT2D eigenvalue weighted by atomic mass is 35.5. The zero-order chi connectivity index (χ0) is 36.9. The van der Waals surface area contributed by atoms with Gasteiger partial charge in [0.25, 0.3) is 5.91 Å². The van der Waals surface area contributed by atoms with E-state index >= 15 is 0 Å². The Labute approximate surface area is 313 Å². The van der Waals surface area contributed by atoms with Gasteiger partial charge in [-0.2, -0.15) is 0 Å². The number of halogens is 1. The van der Waals surface area contributed by atoms with Crippen LogP contribution in [-0.2, 0) is 26.5 Å². The number of hydrogen-bond donors (Lipinski definition) is 1. The highest BCUT2D eigenvalue weighted by Crippen LogP contribution is 2.46. The quantitative estimate of drug-likeness (QED) is 0.186. The van der Waals surface area contributed by atoms with Crippen molar-refractivity contribution in [2.45, 2.75) is 70.3 Å². The number of carbonyl (C=O) groups is 2. The SMILES string of the molecule is C=CC[C@H](C)C[S@](=O)(=NC(=O)c1ccc2c(c1)N(C[C@@H]1CC[C@H]1CC=C)C[C@@]1(CCCc3cc(Cl)ccc31)CO2)NC(=O)O[C@@H](C)c1ccccc1. The average Bonchev–Trinajstić information content (AvgIpc) is 3.25. The van der Waals surface area contributed by atoms with Crippen LogP contribution in [0.25, 0.3) is 0 Å². The van der Waals surface area contributed by atoms with E-state index in [1.165, 1.54) is 17.5 Å². The molecule has 1 heterocycles. The Morgan fingerprint density at radius 2 is 1.88 bits per heavy atom. The number of rotatable bonds is 12. The molecule has 6 atom stereocenters. The summed E-state index contributed by atoms with van der Waals surface area (Å²) >= 11 is 6.44. The molecule has 3 aliphatic rings. The van der Waals surface area contributed by atoms with Crippen LogP contribution >= 0.6 is 11.6 Å². The normalized spacial score (nSPS) is 22.9. The van der Waals surface area contributed by atoms with Gasteiger partial charge in [-0.05, 0) is 117 Å². The van der Waals surface area contributed by atoms with Crippen molar-refractivity contribution in [1.82, 2.24) is 4.72 Å². The topological polar surface area (TPSA) is 97.3 Å². The third-order valence-corrected chi connectivity index (χ3v) is 13.1. The lowest BCUT2D eigenvalue weighted by atomic mass is 9.69. The molecule has 8 nitrogen and oxygen atoms in total. The largest absolute Gasteiger partial charge is 0.490 e. The summed E-state index contributed by atoms with van der Waals surface area (Å²) in [5, 5.41) is 0.739. The summed E-state index contributed by atoms with van der Waals surface area (Å²) < 4.78 is 33.2. The van der Waals surface area contributed by atoms with Crippen molar-refractivity contribution in [3.05, 3.63) is 119 Å². The number of allylic oxidation sites excluding steroid dienone is 2. The monoisotopic (exact) mass is 743 g/mol. The van der Waals surface area contributed by atoms with E-state index in [4.69, 9.17) is 21.1 Å². The molecule has 52 heavy (non-hydrogen) atoms. The number of benzene rings is 3. The van der Waals surface area contributed by atoms with Gasteiger partial charge in [-0.15, -0.1) is 17.5 Å². The van der Waals surface area contributed by atoms with Crippen LogP contribution in [0.3, 0.4) is 0 Å². The fourth-order valence-electron chi connectivity index (χ4n) is 8.07. The fourth-order valence-corrected chi connectivity index (χ4v) is 10.1. The Morgan fingerprint density at radius 3 is 2.62 bits per heavy atom. The summed E-state index contributed by atoms with van der Waals surface area (Å²) in [4.78, 5) is 29.5. The number of carbonyl (C=O) groups excluding carboxylic acids is 2. The van der Waals surface area contributed by atoms with E-state index in [0.717, 1.165) is 61.5 Å². The number of hydrogen-bond acceptors (Lipinski definition) is 6. The molecule has 276 valence electrons. The molecule has 3 aromatic carbocycles. The Bertz CT molecular complexity index is 1930. The van der Waals surface area contributed by atoms with Crippen LogP contribution < -0.4 is 14.4 Å². The molecular formula is C42H50ClN3O5S. The molecule has 2 amide bonds. The molecule has 3 aromatic rings. The lowest BCUT2D eigenvalue weighted by molar-refractivity contribution is 0.100. The molecular weight excluding hydrogens is 694 g/mol. The Morgan fingerprint density at radius 1 is 1.10 bits per heavy atom. The Balaban J connectivity index is 1.32. The molecule has 2 aliphatic carbocycles. The molecule has 0 bridgehead atoms. The first-order valence-corrected chi connectivity index (χ1v) is 20.4. The van der Waals surface area contributed by atoms with Crippen molar-refractivity contribution in [2.24, 2.45) is 22.1 Å². The van der Waals surface area contributed by atoms with E-state index in [1.54, 1.807) is 19.1 Å². The van der Waals surface area contributed by atoms with Gasteiger partial charge in [-0.25, -0.2) is 13.7 Å². The summed E-state index contributed by atoms with van der Waals surface area (Å²) in [6, 6.07) is 20.8. The van der Waals surface area contributed by atoms with Gasteiger partial charge in [0, 0.05) is 29.1 Å². The first-order chi connectivity index (χ1) is 25.0. The van der Waals surface area contributed by atoms with Crippen molar-refractivity contribution in [3.8, 4) is 5.75 Å². The van der Waals surface area contributed by atoms with Crippen LogP contribution in [0.1, 0.15) is 85.5 Å². The Kier molecular flexibility index (Phi) is 11.8. The summed E-state index contributed by atoms with van der Waals surface area (Å²) in [7, 11) is -3.58. The predicted molar refractivity (Wildman–Crippen MR) is 209 cm³/mol. The predicted octanol–water partition coefficient (Wildman–Crippen LogP) is 9.64. The number of aryl methyl sites for hydroxylation is 1. The minimum atomic E-state index is -3.58. The molecule has 6 rings (SSSR count). The maximum Gasteiger partial charge on any atom is 0.420 e. The van der Waals surface area contributed by atoms with E-state index in [-0.39, 0.29) is 22.6 Å². The molecule has 0 saturated heterocycles. The van der Waals surface area contributed by atoms with Crippen molar-refractivity contribution in [1.29, 1.82) is 0 Å². The van der Waals surface area contributed by atoms with Crippen LogP contribution in [0.5, 0.6) is 5.75 Å². The van der Waals surface area contributed by atoms with E-state index in [9.17, 15) is 13.8 Å². The van der Waals surface area contributed by atoms with Crippen LogP contribution in [-0.4, -0.2) is 41.7 Å². The zero-order valence-electron chi connectivity index (χ0n) is 30.2. The van der Waals surface area contributed by atoms with Gasteiger partial charge in [-0.3, -0.25) is 4.79 Å². The third-order valence-electron chi connectivity index (χ3n) is 10.9. The number of nitrogens with one attached hydrogen (secondary N) is 1. The van der Waals surface area contributed by atoms with Gasteiger partial charge < -0.3 is 14.4 Å². The van der Waals surface area contributed by atoms with Crippen LogP contribution in [0.2, 0.25) is 5.02 Å². The molecule has 1 aliphatic heterocycles. The van der Waals surface area contributed by atoms with Crippen molar-refractivity contribution >= 4 is 39.2 Å². The van der Waals surface area contributed by atoms with Gasteiger partial charge in [0.1, 0.15) is 21.8 Å². The fraction of sp³-hybridized carbons (Fsp3) is 0.429. The van der Waals surface area contributed by atoms with Crippen molar-refractivity contribution < 1.29 is 23.3 Å². The maximum absolute atomic E-state index is 14.3.